The Kier molecular flexibility index (Phi) is 3.96. The number of fused-ring (bicyclic) bond motifs is 8. The minimum absolute atomic E-state index is 0.182. The summed E-state index contributed by atoms with van der Waals surface area (Å²) in [6, 6.07) is 23.5. The fourth-order valence-corrected chi connectivity index (χ4v) is 11.7. The van der Waals surface area contributed by atoms with Crippen LogP contribution in [0.25, 0.3) is 42.1 Å². The van der Waals surface area contributed by atoms with E-state index in [4.69, 9.17) is 0 Å². The molecule has 10 rings (SSSR count). The van der Waals surface area contributed by atoms with E-state index in [-0.39, 0.29) is 5.41 Å². The van der Waals surface area contributed by atoms with Crippen molar-refractivity contribution in [3.8, 4) is 11.1 Å². The molecule has 0 nitrogen and oxygen atoms in total. The molecule has 4 bridgehead atoms. The monoisotopic (exact) mass is 598 g/mol. The van der Waals surface area contributed by atoms with E-state index in [0.717, 1.165) is 23.7 Å². The first kappa shape index (κ1) is 20.4. The van der Waals surface area contributed by atoms with E-state index in [2.05, 4.69) is 92.5 Å². The van der Waals surface area contributed by atoms with E-state index < -0.39 is 0 Å². The van der Waals surface area contributed by atoms with Gasteiger partial charge in [0, 0.05) is 40.1 Å². The number of halogens is 2. The maximum atomic E-state index is 4.10. The number of rotatable bonds is 0. The SMILES string of the molecule is Brc1ccc2cc3c(cc2c1)C1(c2cc(Br)c4c(sc5ccccc54)c2-3)C2CC3CC(C2)CC1C3. The highest BCUT2D eigenvalue weighted by Crippen LogP contribution is 2.70. The second kappa shape index (κ2) is 6.79. The van der Waals surface area contributed by atoms with Crippen LogP contribution in [-0.2, 0) is 5.41 Å². The fourth-order valence-electron chi connectivity index (χ4n) is 9.22. The van der Waals surface area contributed by atoms with Gasteiger partial charge in [-0.2, -0.15) is 0 Å². The zero-order valence-electron chi connectivity index (χ0n) is 19.3. The second-order valence-electron chi connectivity index (χ2n) is 11.6. The summed E-state index contributed by atoms with van der Waals surface area (Å²) in [6.45, 7) is 0. The molecule has 0 radical (unpaired) electrons. The highest BCUT2D eigenvalue weighted by molar-refractivity contribution is 9.11. The Balaban J connectivity index is 1.47. The normalized spacial score (nSPS) is 30.1. The Labute approximate surface area is 226 Å². The van der Waals surface area contributed by atoms with Gasteiger partial charge in [-0.3, -0.25) is 0 Å². The van der Waals surface area contributed by atoms with Gasteiger partial charge in [0.15, 0.2) is 0 Å². The lowest BCUT2D eigenvalue weighted by atomic mass is 9.43. The topological polar surface area (TPSA) is 0 Å². The molecule has 172 valence electrons. The average Bonchev–Trinajstić information content (AvgIpc) is 3.35. The minimum atomic E-state index is 0.182. The van der Waals surface area contributed by atoms with Crippen LogP contribution < -0.4 is 0 Å². The zero-order chi connectivity index (χ0) is 23.1. The molecule has 1 spiro atoms. The van der Waals surface area contributed by atoms with Crippen molar-refractivity contribution in [1.82, 2.24) is 0 Å². The van der Waals surface area contributed by atoms with Gasteiger partial charge in [-0.15, -0.1) is 11.3 Å². The molecule has 1 aromatic heterocycles. The number of thiophene rings is 1. The van der Waals surface area contributed by atoms with Gasteiger partial charge in [0.25, 0.3) is 0 Å². The molecule has 4 aromatic carbocycles. The number of hydrogen-bond acceptors (Lipinski definition) is 1. The van der Waals surface area contributed by atoms with E-state index in [0.29, 0.717) is 0 Å². The van der Waals surface area contributed by atoms with E-state index in [9.17, 15) is 0 Å². The third kappa shape index (κ3) is 2.44. The minimum Gasteiger partial charge on any atom is -0.134 e. The first-order valence-corrected chi connectivity index (χ1v) is 15.4. The van der Waals surface area contributed by atoms with E-state index in [1.165, 1.54) is 77.6 Å². The predicted octanol–water partition coefficient (Wildman–Crippen LogP) is 10.5. The highest BCUT2D eigenvalue weighted by atomic mass is 79.9. The fraction of sp³-hybridized carbons (Fsp3) is 0.312. The molecule has 0 saturated heterocycles. The van der Waals surface area contributed by atoms with Crippen molar-refractivity contribution in [1.29, 1.82) is 0 Å². The van der Waals surface area contributed by atoms with Gasteiger partial charge >= 0.3 is 0 Å². The summed E-state index contributed by atoms with van der Waals surface area (Å²) < 4.78 is 5.35. The molecular formula is C32H24Br2S. The molecule has 0 amide bonds. The second-order valence-corrected chi connectivity index (χ2v) is 14.5. The van der Waals surface area contributed by atoms with Crippen LogP contribution in [0.15, 0.2) is 69.6 Å². The predicted molar refractivity (Wildman–Crippen MR) is 155 cm³/mol. The first-order chi connectivity index (χ1) is 17.1. The molecule has 1 heterocycles. The Morgan fingerprint density at radius 1 is 0.743 bits per heavy atom. The molecule has 3 heteroatoms. The number of hydrogen-bond donors (Lipinski definition) is 0. The van der Waals surface area contributed by atoms with Gasteiger partial charge in [0.1, 0.15) is 0 Å². The first-order valence-electron chi connectivity index (χ1n) is 13.0. The van der Waals surface area contributed by atoms with Gasteiger partial charge < -0.3 is 0 Å². The van der Waals surface area contributed by atoms with Crippen molar-refractivity contribution in [3.05, 3.63) is 80.7 Å². The molecule has 0 unspecified atom stereocenters. The quantitative estimate of drug-likeness (QED) is 0.166. The highest BCUT2D eigenvalue weighted by Gasteiger charge is 2.62. The molecule has 5 aliphatic carbocycles. The summed E-state index contributed by atoms with van der Waals surface area (Å²) in [6.07, 6.45) is 7.18. The molecule has 4 fully saturated rings. The maximum absolute atomic E-state index is 4.10. The zero-order valence-corrected chi connectivity index (χ0v) is 23.3. The van der Waals surface area contributed by atoms with Gasteiger partial charge in [0.2, 0.25) is 0 Å². The van der Waals surface area contributed by atoms with Crippen LogP contribution in [0.1, 0.15) is 43.2 Å². The molecule has 35 heavy (non-hydrogen) atoms. The van der Waals surface area contributed by atoms with Gasteiger partial charge in [0.05, 0.1) is 0 Å². The van der Waals surface area contributed by atoms with Crippen LogP contribution in [-0.4, -0.2) is 0 Å². The Morgan fingerprint density at radius 2 is 1.51 bits per heavy atom. The molecular weight excluding hydrogens is 576 g/mol. The number of benzene rings is 4. The van der Waals surface area contributed by atoms with Gasteiger partial charge in [-0.1, -0.05) is 56.1 Å². The molecule has 0 atom stereocenters. The van der Waals surface area contributed by atoms with E-state index in [1.807, 2.05) is 11.3 Å². The van der Waals surface area contributed by atoms with Crippen LogP contribution in [0.3, 0.4) is 0 Å². The van der Waals surface area contributed by atoms with Crippen molar-refractivity contribution in [2.75, 3.05) is 0 Å². The van der Waals surface area contributed by atoms with Crippen LogP contribution in [0, 0.1) is 23.7 Å². The van der Waals surface area contributed by atoms with Crippen molar-refractivity contribution in [2.45, 2.75) is 37.5 Å². The molecule has 5 aromatic rings. The largest absolute Gasteiger partial charge is 0.134 e. The van der Waals surface area contributed by atoms with Gasteiger partial charge in [-0.25, -0.2) is 0 Å². The molecule has 0 aliphatic heterocycles. The molecule has 5 aliphatic rings. The van der Waals surface area contributed by atoms with Crippen molar-refractivity contribution >= 4 is 74.1 Å². The Bertz CT molecular complexity index is 1710. The summed E-state index contributed by atoms with van der Waals surface area (Å²) in [5.41, 5.74) is 6.54. The Hall–Kier alpha value is -1.68. The lowest BCUT2D eigenvalue weighted by Crippen LogP contribution is -2.55. The third-order valence-corrected chi connectivity index (χ3v) is 12.4. The van der Waals surface area contributed by atoms with Crippen LogP contribution in [0.4, 0.5) is 0 Å². The standard InChI is InChI=1S/C32H24Br2S/c33-22-6-5-18-13-24-25(14-19(18)12-22)32(20-8-16-7-17(10-20)11-21(32)9-16)26-15-27(34)30-23-3-1-2-4-28(23)35-31(30)29(24)26/h1-6,12-17,20-21H,7-11H2. The average molecular weight is 600 g/mol. The van der Waals surface area contributed by atoms with Crippen molar-refractivity contribution < 1.29 is 0 Å². The summed E-state index contributed by atoms with van der Waals surface area (Å²) in [5.74, 6) is 3.48. The van der Waals surface area contributed by atoms with Crippen molar-refractivity contribution in [2.24, 2.45) is 23.7 Å². The summed E-state index contributed by atoms with van der Waals surface area (Å²) in [4.78, 5) is 0. The summed E-state index contributed by atoms with van der Waals surface area (Å²) >= 11 is 9.85. The smallest absolute Gasteiger partial charge is 0.0448 e. The lowest BCUT2D eigenvalue weighted by Gasteiger charge is -2.61. The van der Waals surface area contributed by atoms with E-state index >= 15 is 0 Å². The maximum Gasteiger partial charge on any atom is 0.0448 e. The lowest BCUT2D eigenvalue weighted by molar-refractivity contribution is -0.0398. The summed E-state index contributed by atoms with van der Waals surface area (Å²) in [7, 11) is 0. The molecule has 0 N–H and O–H groups in total. The van der Waals surface area contributed by atoms with Gasteiger partial charge in [-0.05, 0) is 120 Å². The van der Waals surface area contributed by atoms with Crippen LogP contribution in [0.5, 0.6) is 0 Å². The Morgan fingerprint density at radius 3 is 2.31 bits per heavy atom. The third-order valence-electron chi connectivity index (χ3n) is 10.1. The molecule has 4 saturated carbocycles. The van der Waals surface area contributed by atoms with E-state index in [1.54, 1.807) is 16.7 Å². The van der Waals surface area contributed by atoms with Crippen LogP contribution in [0.2, 0.25) is 0 Å². The summed E-state index contributed by atoms with van der Waals surface area (Å²) in [5, 5.41) is 5.54. The van der Waals surface area contributed by atoms with Crippen LogP contribution >= 0.6 is 43.2 Å². The van der Waals surface area contributed by atoms with Crippen molar-refractivity contribution in [3.63, 3.8) is 0 Å².